The van der Waals surface area contributed by atoms with E-state index in [9.17, 15) is 18.0 Å². The summed E-state index contributed by atoms with van der Waals surface area (Å²) in [7, 11) is -3.84. The van der Waals surface area contributed by atoms with Crippen LogP contribution in [0, 0.1) is 6.92 Å². The average Bonchev–Trinajstić information content (AvgIpc) is 2.71. The lowest BCUT2D eigenvalue weighted by molar-refractivity contribution is -0.139. The second-order valence-corrected chi connectivity index (χ2v) is 11.5. The summed E-state index contributed by atoms with van der Waals surface area (Å²) in [6.07, 6.45) is 1.00. The SMILES string of the molecule is Cc1ccc(N(CC(=O)N(Cc2ccc(Cl)cc2Cl)C(C)C(=O)NC(C)C)S(C)(=O)=O)cc1Cl. The maximum absolute atomic E-state index is 13.5. The lowest BCUT2D eigenvalue weighted by atomic mass is 10.1. The molecule has 0 saturated carbocycles. The number of nitrogens with zero attached hydrogens (tertiary/aromatic N) is 2. The molecule has 2 rings (SSSR count). The first-order chi connectivity index (χ1) is 15.7. The second-order valence-electron chi connectivity index (χ2n) is 8.30. The number of hydrogen-bond donors (Lipinski definition) is 1. The summed E-state index contributed by atoms with van der Waals surface area (Å²) in [5.74, 6) is -0.961. The summed E-state index contributed by atoms with van der Waals surface area (Å²) in [5.41, 5.74) is 1.58. The predicted molar refractivity (Wildman–Crippen MR) is 138 cm³/mol. The Morgan fingerprint density at radius 2 is 1.65 bits per heavy atom. The van der Waals surface area contributed by atoms with Crippen molar-refractivity contribution in [2.24, 2.45) is 0 Å². The van der Waals surface area contributed by atoms with Crippen LogP contribution in [-0.2, 0) is 26.2 Å². The second kappa shape index (κ2) is 11.6. The molecule has 0 radical (unpaired) electrons. The van der Waals surface area contributed by atoms with Gasteiger partial charge >= 0.3 is 0 Å². The molecule has 2 amide bonds. The first-order valence-corrected chi connectivity index (χ1v) is 13.5. The molecule has 0 aliphatic carbocycles. The molecule has 0 spiro atoms. The van der Waals surface area contributed by atoms with Gasteiger partial charge in [0.2, 0.25) is 21.8 Å². The predicted octanol–water partition coefficient (Wildman–Crippen LogP) is 4.66. The summed E-state index contributed by atoms with van der Waals surface area (Å²) in [6, 6.07) is 8.51. The van der Waals surface area contributed by atoms with Crippen molar-refractivity contribution in [3.05, 3.63) is 62.6 Å². The molecule has 2 aromatic carbocycles. The van der Waals surface area contributed by atoms with Gasteiger partial charge in [-0.3, -0.25) is 13.9 Å². The fourth-order valence-corrected chi connectivity index (χ4v) is 4.66. The maximum atomic E-state index is 13.5. The minimum Gasteiger partial charge on any atom is -0.352 e. The Kier molecular flexibility index (Phi) is 9.65. The molecule has 1 atom stereocenters. The van der Waals surface area contributed by atoms with Crippen molar-refractivity contribution in [1.82, 2.24) is 10.2 Å². The zero-order valence-corrected chi connectivity index (χ0v) is 22.7. The summed E-state index contributed by atoms with van der Waals surface area (Å²) in [4.78, 5) is 27.5. The van der Waals surface area contributed by atoms with Crippen LogP contribution in [0.2, 0.25) is 15.1 Å². The Morgan fingerprint density at radius 3 is 2.18 bits per heavy atom. The number of aryl methyl sites for hydroxylation is 1. The lowest BCUT2D eigenvalue weighted by Crippen LogP contribution is -2.52. The summed E-state index contributed by atoms with van der Waals surface area (Å²) in [6.45, 7) is 6.43. The van der Waals surface area contributed by atoms with E-state index in [1.54, 1.807) is 52.0 Å². The van der Waals surface area contributed by atoms with Gasteiger partial charge in [-0.1, -0.05) is 46.9 Å². The molecule has 1 N–H and O–H groups in total. The molecule has 2 aromatic rings. The van der Waals surface area contributed by atoms with Gasteiger partial charge in [-0.15, -0.1) is 0 Å². The number of amides is 2. The lowest BCUT2D eigenvalue weighted by Gasteiger charge is -2.32. The topological polar surface area (TPSA) is 86.8 Å². The number of halogens is 3. The zero-order valence-electron chi connectivity index (χ0n) is 19.6. The third kappa shape index (κ3) is 7.50. The molecule has 7 nitrogen and oxygen atoms in total. The van der Waals surface area contributed by atoms with E-state index in [1.807, 2.05) is 0 Å². The Morgan fingerprint density at radius 1 is 1.00 bits per heavy atom. The van der Waals surface area contributed by atoms with E-state index in [-0.39, 0.29) is 24.2 Å². The van der Waals surface area contributed by atoms with Crippen molar-refractivity contribution < 1.29 is 18.0 Å². The van der Waals surface area contributed by atoms with E-state index in [1.165, 1.54) is 17.0 Å². The molecule has 186 valence electrons. The molecule has 0 aliphatic rings. The fraction of sp³-hybridized carbons (Fsp3) is 0.391. The number of carbonyl (C=O) groups is 2. The highest BCUT2D eigenvalue weighted by Crippen LogP contribution is 2.26. The molecule has 0 saturated heterocycles. The minimum absolute atomic E-state index is 0.0201. The standard InChI is InChI=1S/C23H28Cl3N3O4S/c1-14(2)27-23(31)16(4)28(12-17-7-8-18(24)10-21(17)26)22(30)13-29(34(5,32)33)19-9-6-15(3)20(25)11-19/h6-11,14,16H,12-13H2,1-5H3,(H,27,31). The number of benzene rings is 2. The Hall–Kier alpha value is -2.00. The van der Waals surface area contributed by atoms with Crippen LogP contribution in [0.25, 0.3) is 0 Å². The number of carbonyl (C=O) groups excluding carboxylic acids is 2. The van der Waals surface area contributed by atoms with Crippen molar-refractivity contribution in [2.75, 3.05) is 17.1 Å². The van der Waals surface area contributed by atoms with Gasteiger partial charge in [0.05, 0.1) is 11.9 Å². The number of sulfonamides is 1. The van der Waals surface area contributed by atoms with Gasteiger partial charge in [0.1, 0.15) is 12.6 Å². The molecule has 0 heterocycles. The number of rotatable bonds is 9. The van der Waals surface area contributed by atoms with E-state index in [0.29, 0.717) is 20.6 Å². The number of hydrogen-bond acceptors (Lipinski definition) is 4. The van der Waals surface area contributed by atoms with Crippen LogP contribution in [0.15, 0.2) is 36.4 Å². The third-order valence-corrected chi connectivity index (χ3v) is 7.21. The van der Waals surface area contributed by atoms with Crippen molar-refractivity contribution in [3.8, 4) is 0 Å². The summed E-state index contributed by atoms with van der Waals surface area (Å²) in [5, 5.41) is 3.90. The molecule has 1 unspecified atom stereocenters. The van der Waals surface area contributed by atoms with Crippen molar-refractivity contribution >= 4 is 62.3 Å². The van der Waals surface area contributed by atoms with Crippen LogP contribution in [0.4, 0.5) is 5.69 Å². The van der Waals surface area contributed by atoms with Crippen molar-refractivity contribution in [3.63, 3.8) is 0 Å². The van der Waals surface area contributed by atoms with Crippen LogP contribution >= 0.6 is 34.8 Å². The van der Waals surface area contributed by atoms with Gasteiger partial charge in [-0.2, -0.15) is 0 Å². The van der Waals surface area contributed by atoms with Gasteiger partial charge in [0.25, 0.3) is 0 Å². The molecule has 0 aromatic heterocycles. The number of anilines is 1. The molecular weight excluding hydrogens is 521 g/mol. The van der Waals surface area contributed by atoms with Crippen molar-refractivity contribution in [2.45, 2.75) is 46.3 Å². The molecule has 0 fully saturated rings. The van der Waals surface area contributed by atoms with E-state index in [0.717, 1.165) is 16.1 Å². The Bertz CT molecular complexity index is 1170. The fourth-order valence-electron chi connectivity index (χ4n) is 3.17. The van der Waals surface area contributed by atoms with Crippen molar-refractivity contribution in [1.29, 1.82) is 0 Å². The van der Waals surface area contributed by atoms with E-state index in [4.69, 9.17) is 34.8 Å². The number of nitrogens with one attached hydrogen (secondary N) is 1. The van der Waals surface area contributed by atoms with Crippen LogP contribution in [0.5, 0.6) is 0 Å². The first-order valence-electron chi connectivity index (χ1n) is 10.5. The summed E-state index contributed by atoms with van der Waals surface area (Å²) < 4.78 is 26.1. The minimum atomic E-state index is -3.84. The Balaban J connectivity index is 2.44. The van der Waals surface area contributed by atoms with Crippen LogP contribution in [0.3, 0.4) is 0 Å². The highest BCUT2D eigenvalue weighted by molar-refractivity contribution is 7.92. The normalized spacial score (nSPS) is 12.4. The van der Waals surface area contributed by atoms with Crippen LogP contribution < -0.4 is 9.62 Å². The average molecular weight is 549 g/mol. The van der Waals surface area contributed by atoms with Crippen LogP contribution in [-0.4, -0.2) is 50.0 Å². The zero-order chi connectivity index (χ0) is 25.8. The van der Waals surface area contributed by atoms with Gasteiger partial charge in [0.15, 0.2) is 0 Å². The molecule has 0 bridgehead atoms. The van der Waals surface area contributed by atoms with Gasteiger partial charge in [-0.05, 0) is 63.1 Å². The highest BCUT2D eigenvalue weighted by Gasteiger charge is 2.30. The quantitative estimate of drug-likeness (QED) is 0.494. The highest BCUT2D eigenvalue weighted by atomic mass is 35.5. The smallest absolute Gasteiger partial charge is 0.244 e. The van der Waals surface area contributed by atoms with E-state index >= 15 is 0 Å². The third-order valence-electron chi connectivity index (χ3n) is 5.08. The molecular formula is C23H28Cl3N3O4S. The molecule has 11 heteroatoms. The van der Waals surface area contributed by atoms with Crippen LogP contribution in [0.1, 0.15) is 31.9 Å². The van der Waals surface area contributed by atoms with E-state index < -0.39 is 28.5 Å². The first kappa shape index (κ1) is 28.2. The Labute approximate surface area is 216 Å². The van der Waals surface area contributed by atoms with Gasteiger partial charge < -0.3 is 10.2 Å². The molecule has 34 heavy (non-hydrogen) atoms. The maximum Gasteiger partial charge on any atom is 0.244 e. The van der Waals surface area contributed by atoms with E-state index in [2.05, 4.69) is 5.32 Å². The van der Waals surface area contributed by atoms with Gasteiger partial charge in [-0.25, -0.2) is 8.42 Å². The monoisotopic (exact) mass is 547 g/mol. The molecule has 0 aliphatic heterocycles. The van der Waals surface area contributed by atoms with Gasteiger partial charge in [0, 0.05) is 27.7 Å². The summed E-state index contributed by atoms with van der Waals surface area (Å²) >= 11 is 18.5. The largest absolute Gasteiger partial charge is 0.352 e.